The van der Waals surface area contributed by atoms with Gasteiger partial charge in [0.1, 0.15) is 0 Å². The second-order valence-electron chi connectivity index (χ2n) is 1.46. The highest BCUT2D eigenvalue weighted by atomic mass is 14.6. The third kappa shape index (κ3) is 48.1. The van der Waals surface area contributed by atoms with E-state index in [1.54, 1.807) is 12.3 Å². The van der Waals surface area contributed by atoms with Crippen molar-refractivity contribution in [3.05, 3.63) is 36.7 Å². The van der Waals surface area contributed by atoms with Gasteiger partial charge in [-0.25, -0.2) is 0 Å². The van der Waals surface area contributed by atoms with Crippen LogP contribution in [0.1, 0.15) is 5.69 Å². The topological polar surface area (TPSA) is 398 Å². The fourth-order valence-electron chi connectivity index (χ4n) is 0.497. The standard InChI is InChI=1S/C7H7N.11H3N/c1-2-7-5-3-4-6-8-7;;;;;;;;;;;/h2-6H,1H2;11*1H3. The Bertz CT molecular complexity index is 181. The molecule has 0 aliphatic carbocycles. The molecule has 0 bridgehead atoms. The summed E-state index contributed by atoms with van der Waals surface area (Å²) in [4.78, 5) is 3.98. The van der Waals surface area contributed by atoms with Crippen LogP contribution in [-0.4, -0.2) is 4.98 Å². The molecule has 0 saturated heterocycles. The van der Waals surface area contributed by atoms with E-state index in [2.05, 4.69) is 11.6 Å². The van der Waals surface area contributed by atoms with Crippen molar-refractivity contribution < 1.29 is 0 Å². The van der Waals surface area contributed by atoms with Crippen molar-refractivity contribution >= 4 is 6.08 Å². The van der Waals surface area contributed by atoms with E-state index in [-0.39, 0.29) is 67.7 Å². The highest BCUT2D eigenvalue weighted by Crippen LogP contribution is 1.91. The quantitative estimate of drug-likeness (QED) is 0.353. The zero-order valence-electron chi connectivity index (χ0n) is 12.3. The molecule has 128 valence electrons. The van der Waals surface area contributed by atoms with Crippen LogP contribution < -0.4 is 67.7 Å². The molecule has 0 radical (unpaired) electrons. The Morgan fingerprint density at radius 3 is 1.21 bits per heavy atom. The molecule has 0 atom stereocenters. The summed E-state index contributed by atoms with van der Waals surface area (Å²) in [6.45, 7) is 3.57. The average molecular weight is 292 g/mol. The number of hydrogen-bond donors (Lipinski definition) is 11. The molecule has 19 heavy (non-hydrogen) atoms. The van der Waals surface area contributed by atoms with Crippen molar-refractivity contribution in [3.63, 3.8) is 0 Å². The van der Waals surface area contributed by atoms with Crippen molar-refractivity contribution in [1.82, 2.24) is 72.6 Å². The Labute approximate surface area is 116 Å². The lowest BCUT2D eigenvalue weighted by Crippen LogP contribution is -1.73. The highest BCUT2D eigenvalue weighted by molar-refractivity contribution is 5.40. The van der Waals surface area contributed by atoms with Crippen LogP contribution in [0.2, 0.25) is 0 Å². The van der Waals surface area contributed by atoms with E-state index >= 15 is 0 Å². The second-order valence-corrected chi connectivity index (χ2v) is 1.46. The van der Waals surface area contributed by atoms with Gasteiger partial charge in [0.25, 0.3) is 0 Å². The van der Waals surface area contributed by atoms with E-state index in [4.69, 9.17) is 0 Å². The van der Waals surface area contributed by atoms with Crippen LogP contribution in [0.25, 0.3) is 6.08 Å². The van der Waals surface area contributed by atoms with Gasteiger partial charge in [-0.15, -0.1) is 0 Å². The minimum Gasteiger partial charge on any atom is -0.344 e. The van der Waals surface area contributed by atoms with E-state index in [0.717, 1.165) is 5.69 Å². The van der Waals surface area contributed by atoms with Crippen LogP contribution in [-0.2, 0) is 0 Å². The molecule has 0 fully saturated rings. The van der Waals surface area contributed by atoms with E-state index < -0.39 is 0 Å². The van der Waals surface area contributed by atoms with Crippen LogP contribution in [0.15, 0.2) is 31.0 Å². The Hall–Kier alpha value is -1.55. The van der Waals surface area contributed by atoms with Crippen LogP contribution in [0.5, 0.6) is 0 Å². The molecule has 0 amide bonds. The van der Waals surface area contributed by atoms with Crippen molar-refractivity contribution in [1.29, 1.82) is 0 Å². The monoisotopic (exact) mass is 292 g/mol. The van der Waals surface area contributed by atoms with Gasteiger partial charge in [0, 0.05) is 6.20 Å². The minimum absolute atomic E-state index is 0. The molecule has 0 aliphatic rings. The summed E-state index contributed by atoms with van der Waals surface area (Å²) in [5.41, 5.74) is 0.924. The van der Waals surface area contributed by atoms with Crippen LogP contribution in [0.4, 0.5) is 0 Å². The Balaban J connectivity index is -0.00000000646. The Kier molecular flexibility index (Phi) is 423. The first-order chi connectivity index (χ1) is 3.93. The zero-order valence-corrected chi connectivity index (χ0v) is 12.3. The van der Waals surface area contributed by atoms with Gasteiger partial charge in [0.05, 0.1) is 5.69 Å². The molecule has 1 aromatic rings. The number of hydrogen-bond acceptors (Lipinski definition) is 12. The van der Waals surface area contributed by atoms with Gasteiger partial charge >= 0.3 is 0 Å². The van der Waals surface area contributed by atoms with Crippen LogP contribution >= 0.6 is 0 Å². The summed E-state index contributed by atoms with van der Waals surface area (Å²) in [6, 6.07) is 5.73. The van der Waals surface area contributed by atoms with Crippen molar-refractivity contribution in [2.24, 2.45) is 0 Å². The van der Waals surface area contributed by atoms with Crippen molar-refractivity contribution in [2.75, 3.05) is 0 Å². The third-order valence-corrected chi connectivity index (χ3v) is 0.897. The summed E-state index contributed by atoms with van der Waals surface area (Å²) < 4.78 is 0. The fraction of sp³-hybridized carbons (Fsp3) is 0. The third-order valence-electron chi connectivity index (χ3n) is 0.897. The van der Waals surface area contributed by atoms with Crippen LogP contribution in [0, 0.1) is 0 Å². The summed E-state index contributed by atoms with van der Waals surface area (Å²) in [7, 11) is 0. The number of rotatable bonds is 1. The largest absolute Gasteiger partial charge is 0.344 e. The first kappa shape index (κ1) is 114. The molecule has 33 N–H and O–H groups in total. The zero-order chi connectivity index (χ0) is 5.82. The molecule has 12 heteroatoms. The van der Waals surface area contributed by atoms with Gasteiger partial charge in [0.15, 0.2) is 0 Å². The van der Waals surface area contributed by atoms with Gasteiger partial charge < -0.3 is 67.7 Å². The molecule has 0 spiro atoms. The fourth-order valence-corrected chi connectivity index (χ4v) is 0.497. The Morgan fingerprint density at radius 1 is 0.684 bits per heavy atom. The summed E-state index contributed by atoms with van der Waals surface area (Å²) >= 11 is 0. The van der Waals surface area contributed by atoms with Gasteiger partial charge in [-0.1, -0.05) is 12.6 Å². The summed E-state index contributed by atoms with van der Waals surface area (Å²) in [6.07, 6.45) is 3.47. The van der Waals surface area contributed by atoms with Gasteiger partial charge in [-0.05, 0) is 18.2 Å². The summed E-state index contributed by atoms with van der Waals surface area (Å²) in [5, 5.41) is 0. The predicted octanol–water partition coefficient (Wildman–Crippen LogP) is 3.51. The van der Waals surface area contributed by atoms with E-state index in [1.807, 2.05) is 18.2 Å². The molecular formula is C7H40N12. The first-order valence-corrected chi connectivity index (χ1v) is 2.47. The number of aromatic nitrogens is 1. The van der Waals surface area contributed by atoms with Crippen molar-refractivity contribution in [2.45, 2.75) is 0 Å². The maximum absolute atomic E-state index is 3.98. The van der Waals surface area contributed by atoms with Crippen LogP contribution in [0.3, 0.4) is 0 Å². The first-order valence-electron chi connectivity index (χ1n) is 2.47. The molecule has 0 unspecified atom stereocenters. The van der Waals surface area contributed by atoms with E-state index in [1.165, 1.54) is 0 Å². The molecule has 1 heterocycles. The maximum atomic E-state index is 3.98. The molecule has 0 aromatic carbocycles. The molecule has 0 saturated carbocycles. The Morgan fingerprint density at radius 2 is 1.05 bits per heavy atom. The smallest absolute Gasteiger partial charge is 0.0623 e. The summed E-state index contributed by atoms with van der Waals surface area (Å²) in [5.74, 6) is 0. The van der Waals surface area contributed by atoms with Gasteiger partial charge in [-0.3, -0.25) is 4.98 Å². The second kappa shape index (κ2) is 70.7. The van der Waals surface area contributed by atoms with E-state index in [0.29, 0.717) is 0 Å². The molecular weight excluding hydrogens is 252 g/mol. The molecule has 1 rings (SSSR count). The maximum Gasteiger partial charge on any atom is 0.0623 e. The lowest BCUT2D eigenvalue weighted by Gasteiger charge is -1.84. The molecule has 0 aliphatic heterocycles. The van der Waals surface area contributed by atoms with Gasteiger partial charge in [-0.2, -0.15) is 0 Å². The highest BCUT2D eigenvalue weighted by Gasteiger charge is 1.77. The SMILES string of the molecule is C=Cc1ccccn1.N.N.N.N.N.N.N.N.N.N.N. The lowest BCUT2D eigenvalue weighted by atomic mass is 10.4. The minimum atomic E-state index is 0. The average Bonchev–Trinajstić information content (AvgIpc) is 1.90. The normalized spacial score (nSPS) is 3.58. The number of pyridine rings is 1. The predicted molar refractivity (Wildman–Crippen MR) is 89.6 cm³/mol. The molecule has 12 nitrogen and oxygen atoms in total. The lowest BCUT2D eigenvalue weighted by molar-refractivity contribution is 1.30. The van der Waals surface area contributed by atoms with E-state index in [9.17, 15) is 0 Å². The number of nitrogens with zero attached hydrogens (tertiary/aromatic N) is 1. The molecule has 1 aromatic heterocycles. The van der Waals surface area contributed by atoms with Gasteiger partial charge in [0.2, 0.25) is 0 Å². The van der Waals surface area contributed by atoms with Crippen molar-refractivity contribution in [3.8, 4) is 0 Å².